The van der Waals surface area contributed by atoms with Crippen LogP contribution in [-0.2, 0) is 28.6 Å². The van der Waals surface area contributed by atoms with Gasteiger partial charge in [0, 0.05) is 0 Å². The molecule has 2 atom stereocenters. The molecule has 4 aromatic rings. The van der Waals surface area contributed by atoms with E-state index in [9.17, 15) is 18.6 Å². The maximum Gasteiger partial charge on any atom is 0.240 e. The third-order valence-electron chi connectivity index (χ3n) is 4.66. The van der Waals surface area contributed by atoms with Crippen molar-refractivity contribution < 1.29 is 27.0 Å². The largest absolute Gasteiger partial charge is 0.508 e. The van der Waals surface area contributed by atoms with E-state index >= 15 is 0 Å². The first-order valence-electron chi connectivity index (χ1n) is 9.92. The van der Waals surface area contributed by atoms with Crippen LogP contribution in [0.5, 0.6) is 23.0 Å². The van der Waals surface area contributed by atoms with Crippen molar-refractivity contribution in [3.8, 4) is 23.0 Å². The number of phenolic OH excluding ortho intramolecular Hbond substituents is 2. The molecule has 0 saturated heterocycles. The molecule has 0 fully saturated rings. The van der Waals surface area contributed by atoms with Crippen LogP contribution in [0.3, 0.4) is 0 Å². The average Bonchev–Trinajstić information content (AvgIpc) is 2.82. The van der Waals surface area contributed by atoms with E-state index in [0.29, 0.717) is 27.7 Å². The van der Waals surface area contributed by atoms with Crippen LogP contribution < -0.4 is 8.37 Å². The molecule has 0 aliphatic carbocycles. The number of phenols is 2. The van der Waals surface area contributed by atoms with E-state index in [0.717, 1.165) is 11.1 Å². The summed E-state index contributed by atoms with van der Waals surface area (Å²) in [6.07, 6.45) is 0.660. The number of hydrogen-bond donors (Lipinski definition) is 2. The Morgan fingerprint density at radius 1 is 0.515 bits per heavy atom. The summed E-state index contributed by atoms with van der Waals surface area (Å²) in [5, 5.41) is 18.6. The first kappa shape index (κ1) is 22.6. The Bertz CT molecular complexity index is 1250. The Balaban J connectivity index is 1.34. The fourth-order valence-corrected chi connectivity index (χ4v) is 4.43. The minimum Gasteiger partial charge on any atom is -0.508 e. The molecule has 0 aromatic heterocycles. The second-order valence-corrected chi connectivity index (χ2v) is 9.30. The van der Waals surface area contributed by atoms with E-state index in [-0.39, 0.29) is 11.5 Å². The molecule has 0 amide bonds. The van der Waals surface area contributed by atoms with Gasteiger partial charge in [0.25, 0.3) is 0 Å². The Morgan fingerprint density at radius 3 is 1.30 bits per heavy atom. The predicted octanol–water partition coefficient (Wildman–Crippen LogP) is 4.89. The van der Waals surface area contributed by atoms with Crippen LogP contribution in [0, 0.1) is 0 Å². The number of aromatic hydroxyl groups is 2. The molecule has 2 N–H and O–H groups in total. The van der Waals surface area contributed by atoms with Gasteiger partial charge in [-0.2, -0.15) is 0 Å². The third-order valence-corrected chi connectivity index (χ3v) is 6.66. The molecular formula is C25H20O6S2. The van der Waals surface area contributed by atoms with Gasteiger partial charge in [-0.1, -0.05) is 24.3 Å². The summed E-state index contributed by atoms with van der Waals surface area (Å²) in [4.78, 5) is 0.996. The van der Waals surface area contributed by atoms with Crippen LogP contribution in [-0.4, -0.2) is 18.6 Å². The molecule has 8 heteroatoms. The van der Waals surface area contributed by atoms with Crippen molar-refractivity contribution in [2.45, 2.75) is 16.2 Å². The molecule has 6 nitrogen and oxygen atoms in total. The van der Waals surface area contributed by atoms with Crippen molar-refractivity contribution in [2.75, 3.05) is 0 Å². The monoisotopic (exact) mass is 480 g/mol. The van der Waals surface area contributed by atoms with Crippen LogP contribution in [0.2, 0.25) is 0 Å². The van der Waals surface area contributed by atoms with Crippen LogP contribution in [0.4, 0.5) is 0 Å². The topological polar surface area (TPSA) is 93.1 Å². The molecule has 0 spiro atoms. The van der Waals surface area contributed by atoms with Crippen molar-refractivity contribution >= 4 is 22.2 Å². The van der Waals surface area contributed by atoms with Crippen molar-refractivity contribution in [1.82, 2.24) is 0 Å². The molecule has 33 heavy (non-hydrogen) atoms. The Hall–Kier alpha value is -3.62. The fourth-order valence-electron chi connectivity index (χ4n) is 2.95. The van der Waals surface area contributed by atoms with Crippen molar-refractivity contribution in [1.29, 1.82) is 0 Å². The molecule has 0 aliphatic rings. The summed E-state index contributed by atoms with van der Waals surface area (Å²) in [5.41, 5.74) is 2.06. The summed E-state index contributed by atoms with van der Waals surface area (Å²) in [7, 11) is 0. The zero-order valence-corrected chi connectivity index (χ0v) is 18.9. The summed E-state index contributed by atoms with van der Waals surface area (Å²) >= 11 is -3.34. The Morgan fingerprint density at radius 2 is 0.848 bits per heavy atom. The lowest BCUT2D eigenvalue weighted by atomic mass is 10.1. The number of rotatable bonds is 8. The maximum absolute atomic E-state index is 12.4. The van der Waals surface area contributed by atoms with Crippen LogP contribution in [0.1, 0.15) is 11.1 Å². The lowest BCUT2D eigenvalue weighted by molar-refractivity contribution is 0.473. The molecule has 4 aromatic carbocycles. The molecule has 0 heterocycles. The summed E-state index contributed by atoms with van der Waals surface area (Å²) in [6.45, 7) is 0. The summed E-state index contributed by atoms with van der Waals surface area (Å²) in [5.74, 6) is 1.10. The second-order valence-electron chi connectivity index (χ2n) is 7.09. The van der Waals surface area contributed by atoms with Gasteiger partial charge >= 0.3 is 0 Å². The lowest BCUT2D eigenvalue weighted by Crippen LogP contribution is -2.01. The third kappa shape index (κ3) is 6.21. The molecular weight excluding hydrogens is 460 g/mol. The minimum atomic E-state index is -1.67. The average molecular weight is 481 g/mol. The molecule has 0 aliphatic heterocycles. The fraction of sp³-hybridized carbons (Fsp3) is 0.0400. The SMILES string of the molecule is O=S(Oc1ccc(Cc2ccc(S(=O)Oc3ccc(O)cc3)cc2)cc1)c1ccc(O)cc1. The van der Waals surface area contributed by atoms with Gasteiger partial charge < -0.3 is 18.6 Å². The first-order valence-corrected chi connectivity index (χ1v) is 12.1. The zero-order chi connectivity index (χ0) is 23.2. The highest BCUT2D eigenvalue weighted by molar-refractivity contribution is 7.80. The maximum atomic E-state index is 12.4. The minimum absolute atomic E-state index is 0.101. The van der Waals surface area contributed by atoms with Gasteiger partial charge in [-0.3, -0.25) is 0 Å². The first-order chi connectivity index (χ1) is 16.0. The van der Waals surface area contributed by atoms with E-state index in [1.165, 1.54) is 24.3 Å². The highest BCUT2D eigenvalue weighted by Gasteiger charge is 2.09. The van der Waals surface area contributed by atoms with Gasteiger partial charge in [0.15, 0.2) is 0 Å². The quantitative estimate of drug-likeness (QED) is 0.373. The lowest BCUT2D eigenvalue weighted by Gasteiger charge is -2.08. The van der Waals surface area contributed by atoms with Gasteiger partial charge in [0.2, 0.25) is 22.2 Å². The van der Waals surface area contributed by atoms with Crippen molar-refractivity contribution in [3.05, 3.63) is 108 Å². The van der Waals surface area contributed by atoms with E-state index < -0.39 is 22.2 Å². The second kappa shape index (κ2) is 10.3. The van der Waals surface area contributed by atoms with Crippen LogP contribution >= 0.6 is 0 Å². The van der Waals surface area contributed by atoms with Gasteiger partial charge in [-0.25, -0.2) is 8.42 Å². The van der Waals surface area contributed by atoms with Crippen molar-refractivity contribution in [2.24, 2.45) is 0 Å². The van der Waals surface area contributed by atoms with Gasteiger partial charge in [-0.05, 0) is 90.3 Å². The highest BCUT2D eigenvalue weighted by atomic mass is 32.2. The highest BCUT2D eigenvalue weighted by Crippen LogP contribution is 2.22. The normalized spacial score (nSPS) is 12.6. The molecule has 0 radical (unpaired) electrons. The molecule has 2 unspecified atom stereocenters. The Kier molecular flexibility index (Phi) is 7.07. The Labute approximate surface area is 196 Å². The van der Waals surface area contributed by atoms with E-state index in [1.54, 1.807) is 48.5 Å². The predicted molar refractivity (Wildman–Crippen MR) is 126 cm³/mol. The van der Waals surface area contributed by atoms with E-state index in [4.69, 9.17) is 8.37 Å². The number of hydrogen-bond acceptors (Lipinski definition) is 6. The molecule has 168 valence electrons. The number of benzene rings is 4. The van der Waals surface area contributed by atoms with Gasteiger partial charge in [0.05, 0.1) is 9.79 Å². The van der Waals surface area contributed by atoms with E-state index in [1.807, 2.05) is 24.3 Å². The molecule has 0 bridgehead atoms. The smallest absolute Gasteiger partial charge is 0.240 e. The molecule has 0 saturated carbocycles. The standard InChI is InChI=1S/C25H20O6S2/c26-20-5-11-23(12-6-20)31-32(28)24-13-3-19(4-14-24)17-18-1-9-22(10-2-18)30-33(29)25-15-7-21(27)8-16-25/h1-16,26-27H,17H2. The van der Waals surface area contributed by atoms with Crippen molar-refractivity contribution in [3.63, 3.8) is 0 Å². The van der Waals surface area contributed by atoms with Crippen LogP contribution in [0.15, 0.2) is 107 Å². The molecule has 4 rings (SSSR count). The van der Waals surface area contributed by atoms with Crippen LogP contribution in [0.25, 0.3) is 0 Å². The zero-order valence-electron chi connectivity index (χ0n) is 17.3. The van der Waals surface area contributed by atoms with E-state index in [2.05, 4.69) is 0 Å². The summed E-state index contributed by atoms with van der Waals surface area (Å²) in [6, 6.07) is 26.6. The summed E-state index contributed by atoms with van der Waals surface area (Å²) < 4.78 is 35.5. The van der Waals surface area contributed by atoms with Gasteiger partial charge in [0.1, 0.15) is 23.0 Å². The van der Waals surface area contributed by atoms with Gasteiger partial charge in [-0.15, -0.1) is 0 Å².